The quantitative estimate of drug-likeness (QED) is 0.443. The number of rotatable bonds is 4. The molecule has 0 N–H and O–H groups in total. The standard InChI is InChI=1S/C20H16N4O2S/c1-3-25-15-10-6-5-9-14(15)19-23-24-18(21-22-20(24)27-19)17-12(2)13-8-4-7-11-16(13)26-17/h4-11H,3H2,1-2H3. The van der Waals surface area contributed by atoms with Gasteiger partial charge in [0.15, 0.2) is 10.8 Å². The van der Waals surface area contributed by atoms with Gasteiger partial charge in [-0.2, -0.15) is 9.61 Å². The van der Waals surface area contributed by atoms with E-state index in [0.717, 1.165) is 32.9 Å². The average molecular weight is 376 g/mol. The number of benzene rings is 2. The lowest BCUT2D eigenvalue weighted by molar-refractivity contribution is 0.341. The molecule has 0 unspecified atom stereocenters. The zero-order valence-corrected chi connectivity index (χ0v) is 15.7. The van der Waals surface area contributed by atoms with Gasteiger partial charge in [-0.25, -0.2) is 0 Å². The predicted octanol–water partition coefficient (Wildman–Crippen LogP) is 4.97. The molecule has 5 rings (SSSR count). The van der Waals surface area contributed by atoms with Crippen LogP contribution in [0.15, 0.2) is 52.9 Å². The zero-order chi connectivity index (χ0) is 18.4. The molecule has 7 heteroatoms. The van der Waals surface area contributed by atoms with Crippen LogP contribution in [0.4, 0.5) is 0 Å². The van der Waals surface area contributed by atoms with Gasteiger partial charge in [-0.3, -0.25) is 0 Å². The average Bonchev–Trinajstić information content (AvgIpc) is 3.36. The fourth-order valence-electron chi connectivity index (χ4n) is 3.18. The van der Waals surface area contributed by atoms with E-state index in [2.05, 4.69) is 10.2 Å². The Bertz CT molecular complexity index is 1270. The monoisotopic (exact) mass is 376 g/mol. The van der Waals surface area contributed by atoms with Crippen molar-refractivity contribution in [2.75, 3.05) is 6.61 Å². The summed E-state index contributed by atoms with van der Waals surface area (Å²) in [5, 5.41) is 15.3. The molecule has 5 aromatic rings. The lowest BCUT2D eigenvalue weighted by atomic mass is 10.1. The summed E-state index contributed by atoms with van der Waals surface area (Å²) < 4.78 is 13.5. The maximum Gasteiger partial charge on any atom is 0.235 e. The number of hydrogen-bond acceptors (Lipinski definition) is 6. The molecule has 0 aliphatic rings. The van der Waals surface area contributed by atoms with E-state index in [1.54, 1.807) is 4.52 Å². The third kappa shape index (κ3) is 2.50. The van der Waals surface area contributed by atoms with Crippen LogP contribution in [0.1, 0.15) is 12.5 Å². The van der Waals surface area contributed by atoms with E-state index in [0.29, 0.717) is 23.2 Å². The van der Waals surface area contributed by atoms with Crippen molar-refractivity contribution >= 4 is 27.3 Å². The fourth-order valence-corrected chi connectivity index (χ4v) is 4.05. The number of aromatic nitrogens is 4. The summed E-state index contributed by atoms with van der Waals surface area (Å²) >= 11 is 1.48. The van der Waals surface area contributed by atoms with E-state index >= 15 is 0 Å². The molecule has 0 spiro atoms. The first kappa shape index (κ1) is 16.0. The number of furan rings is 1. The molecule has 0 fully saturated rings. The molecular weight excluding hydrogens is 360 g/mol. The van der Waals surface area contributed by atoms with Crippen molar-refractivity contribution in [2.45, 2.75) is 13.8 Å². The minimum atomic E-state index is 0.602. The van der Waals surface area contributed by atoms with Crippen molar-refractivity contribution in [3.63, 3.8) is 0 Å². The van der Waals surface area contributed by atoms with Gasteiger partial charge in [0.25, 0.3) is 0 Å². The number of para-hydroxylation sites is 2. The van der Waals surface area contributed by atoms with Gasteiger partial charge in [0, 0.05) is 10.9 Å². The van der Waals surface area contributed by atoms with Crippen molar-refractivity contribution in [3.8, 4) is 27.9 Å². The molecule has 0 saturated carbocycles. The Morgan fingerprint density at radius 1 is 1.07 bits per heavy atom. The number of fused-ring (bicyclic) bond motifs is 2. The second kappa shape index (κ2) is 6.21. The molecule has 0 atom stereocenters. The second-order valence-electron chi connectivity index (χ2n) is 6.11. The molecule has 0 amide bonds. The molecule has 3 heterocycles. The Hall–Kier alpha value is -3.19. The van der Waals surface area contributed by atoms with Crippen molar-refractivity contribution in [2.24, 2.45) is 0 Å². The van der Waals surface area contributed by atoms with E-state index < -0.39 is 0 Å². The van der Waals surface area contributed by atoms with Crippen molar-refractivity contribution in [1.82, 2.24) is 19.8 Å². The molecule has 134 valence electrons. The predicted molar refractivity (Wildman–Crippen MR) is 105 cm³/mol. The molecule has 6 nitrogen and oxygen atoms in total. The van der Waals surface area contributed by atoms with E-state index in [-0.39, 0.29) is 0 Å². The number of hydrogen-bond donors (Lipinski definition) is 0. The summed E-state index contributed by atoms with van der Waals surface area (Å²) in [6, 6.07) is 15.8. The van der Waals surface area contributed by atoms with Gasteiger partial charge in [-0.05, 0) is 32.0 Å². The minimum absolute atomic E-state index is 0.602. The van der Waals surface area contributed by atoms with Gasteiger partial charge in [-0.1, -0.05) is 41.7 Å². The Morgan fingerprint density at radius 3 is 2.74 bits per heavy atom. The number of aryl methyl sites for hydroxylation is 1. The molecule has 0 aliphatic carbocycles. The van der Waals surface area contributed by atoms with E-state index in [4.69, 9.17) is 14.3 Å². The van der Waals surface area contributed by atoms with Crippen LogP contribution in [0.3, 0.4) is 0 Å². The third-order valence-corrected chi connectivity index (χ3v) is 5.39. The molecule has 27 heavy (non-hydrogen) atoms. The summed E-state index contributed by atoms with van der Waals surface area (Å²) in [5.74, 6) is 2.11. The van der Waals surface area contributed by atoms with Gasteiger partial charge in [0.1, 0.15) is 11.3 Å². The Balaban J connectivity index is 1.67. The van der Waals surface area contributed by atoms with Crippen LogP contribution in [0.5, 0.6) is 5.75 Å². The molecule has 3 aromatic heterocycles. The smallest absolute Gasteiger partial charge is 0.235 e. The molecule has 0 bridgehead atoms. The molecule has 2 aromatic carbocycles. The SMILES string of the molecule is CCOc1ccccc1-c1nn2c(-c3oc4ccccc4c3C)nnc2s1. The van der Waals surface area contributed by atoms with Gasteiger partial charge in [-0.15, -0.1) is 10.2 Å². The lowest BCUT2D eigenvalue weighted by Gasteiger charge is -2.06. The highest BCUT2D eigenvalue weighted by molar-refractivity contribution is 7.19. The van der Waals surface area contributed by atoms with Gasteiger partial charge < -0.3 is 9.15 Å². The largest absolute Gasteiger partial charge is 0.493 e. The topological polar surface area (TPSA) is 65.5 Å². The normalized spacial score (nSPS) is 11.5. The Kier molecular flexibility index (Phi) is 3.68. The van der Waals surface area contributed by atoms with Crippen LogP contribution >= 0.6 is 11.3 Å². The van der Waals surface area contributed by atoms with Gasteiger partial charge in [0.05, 0.1) is 12.2 Å². The van der Waals surface area contributed by atoms with Crippen LogP contribution < -0.4 is 4.74 Å². The van der Waals surface area contributed by atoms with Crippen LogP contribution in [-0.2, 0) is 0 Å². The highest BCUT2D eigenvalue weighted by Gasteiger charge is 2.21. The van der Waals surface area contributed by atoms with Crippen LogP contribution in [0.2, 0.25) is 0 Å². The molecule has 0 radical (unpaired) electrons. The molecular formula is C20H16N4O2S. The summed E-state index contributed by atoms with van der Waals surface area (Å²) in [4.78, 5) is 0.714. The summed E-state index contributed by atoms with van der Waals surface area (Å²) in [6.07, 6.45) is 0. The van der Waals surface area contributed by atoms with E-state index in [9.17, 15) is 0 Å². The lowest BCUT2D eigenvalue weighted by Crippen LogP contribution is -1.95. The first-order valence-electron chi connectivity index (χ1n) is 8.69. The van der Waals surface area contributed by atoms with Crippen LogP contribution in [-0.4, -0.2) is 26.4 Å². The van der Waals surface area contributed by atoms with E-state index in [1.807, 2.05) is 62.4 Å². The maximum absolute atomic E-state index is 6.05. The van der Waals surface area contributed by atoms with Crippen molar-refractivity contribution in [3.05, 3.63) is 54.1 Å². The Labute approximate surface area is 159 Å². The minimum Gasteiger partial charge on any atom is -0.493 e. The van der Waals surface area contributed by atoms with Crippen LogP contribution in [0, 0.1) is 6.92 Å². The maximum atomic E-state index is 6.05. The first-order valence-corrected chi connectivity index (χ1v) is 9.51. The number of ether oxygens (including phenoxy) is 1. The molecule has 0 aliphatic heterocycles. The van der Waals surface area contributed by atoms with Crippen LogP contribution in [0.25, 0.3) is 38.1 Å². The summed E-state index contributed by atoms with van der Waals surface area (Å²) in [7, 11) is 0. The zero-order valence-electron chi connectivity index (χ0n) is 14.8. The van der Waals surface area contributed by atoms with E-state index in [1.165, 1.54) is 11.3 Å². The highest BCUT2D eigenvalue weighted by atomic mass is 32.1. The summed E-state index contributed by atoms with van der Waals surface area (Å²) in [5.41, 5.74) is 2.81. The van der Waals surface area contributed by atoms with Crippen molar-refractivity contribution < 1.29 is 9.15 Å². The second-order valence-corrected chi connectivity index (χ2v) is 7.06. The Morgan fingerprint density at radius 2 is 1.89 bits per heavy atom. The van der Waals surface area contributed by atoms with Gasteiger partial charge >= 0.3 is 0 Å². The number of nitrogens with zero attached hydrogens (tertiary/aromatic N) is 4. The summed E-state index contributed by atoms with van der Waals surface area (Å²) in [6.45, 7) is 4.60. The first-order chi connectivity index (χ1) is 13.3. The fraction of sp³-hybridized carbons (Fsp3) is 0.150. The third-order valence-electron chi connectivity index (χ3n) is 4.45. The van der Waals surface area contributed by atoms with Crippen molar-refractivity contribution in [1.29, 1.82) is 0 Å². The highest BCUT2D eigenvalue weighted by Crippen LogP contribution is 2.36. The van der Waals surface area contributed by atoms with Gasteiger partial charge in [0.2, 0.25) is 10.8 Å². The molecule has 0 saturated heterocycles.